The number of hydrogen-bond donors (Lipinski definition) is 3. The molecule has 10 heteroatoms. The van der Waals surface area contributed by atoms with E-state index in [0.29, 0.717) is 0 Å². The van der Waals surface area contributed by atoms with Crippen LogP contribution in [0.2, 0.25) is 5.02 Å². The number of phenolic OH excluding ortho intramolecular Hbond substituents is 1. The smallest absolute Gasteiger partial charge is 0.343 e. The number of aromatic hydroxyl groups is 1. The maximum Gasteiger partial charge on any atom is 0.343 e. The fourth-order valence-electron chi connectivity index (χ4n) is 5.41. The van der Waals surface area contributed by atoms with Gasteiger partial charge in [0.15, 0.2) is 22.9 Å². The summed E-state index contributed by atoms with van der Waals surface area (Å²) >= 11 is 6.35. The van der Waals surface area contributed by atoms with Crippen molar-refractivity contribution in [2.24, 2.45) is 11.8 Å². The van der Waals surface area contributed by atoms with Crippen molar-refractivity contribution in [3.63, 3.8) is 0 Å². The van der Waals surface area contributed by atoms with Crippen molar-refractivity contribution < 1.29 is 34.4 Å². The molecule has 1 aromatic carbocycles. The minimum Gasteiger partial charge on any atom is -0.507 e. The monoisotopic (exact) mass is 460 g/mol. The van der Waals surface area contributed by atoms with E-state index >= 15 is 0 Å². The average molecular weight is 461 g/mol. The third-order valence-corrected chi connectivity index (χ3v) is 7.33. The van der Waals surface area contributed by atoms with E-state index < -0.39 is 57.9 Å². The first-order chi connectivity index (χ1) is 14.9. The lowest BCUT2D eigenvalue weighted by Gasteiger charge is -2.50. The Hall–Kier alpha value is -2.93. The minimum absolute atomic E-state index is 0.00516. The topological polar surface area (TPSA) is 148 Å². The minimum atomic E-state index is -2.42. The predicted octanol–water partition coefficient (Wildman–Crippen LogP) is 1.61. The molecule has 0 spiro atoms. The molecule has 0 bridgehead atoms. The van der Waals surface area contributed by atoms with Gasteiger partial charge in [0.2, 0.25) is 0 Å². The standard InChI is InChI=1S/C22H21ClN2O7/c1-21(16-12(23)4-5-13(26)15(16)20(30)32-21)9-6-11-17(25(2)3)18(28)10(8-24)19(29)22(11,31)14(27)7-9/h4-5,9,11,17,26,29,31H,6-7H2,1-3H3/t9-,11+,17+,21-,22-/m1/s1. The number of carbonyl (C=O) groups excluding carboxylic acids is 3. The van der Waals surface area contributed by atoms with Crippen molar-refractivity contribution in [1.29, 1.82) is 5.26 Å². The number of likely N-dealkylation sites (N-methyl/N-ethyl adjacent to an activating group) is 1. The third-order valence-electron chi connectivity index (χ3n) is 7.01. The predicted molar refractivity (Wildman–Crippen MR) is 110 cm³/mol. The molecule has 0 unspecified atom stereocenters. The molecule has 9 nitrogen and oxygen atoms in total. The number of nitrogens with zero attached hydrogens (tertiary/aromatic N) is 2. The molecule has 1 heterocycles. The van der Waals surface area contributed by atoms with Crippen LogP contribution in [0.1, 0.15) is 35.7 Å². The molecule has 4 rings (SSSR count). The molecule has 0 aromatic heterocycles. The lowest BCUT2D eigenvalue weighted by atomic mass is 9.58. The third kappa shape index (κ3) is 2.67. The van der Waals surface area contributed by atoms with Crippen LogP contribution in [-0.4, -0.2) is 63.5 Å². The highest BCUT2D eigenvalue weighted by Crippen LogP contribution is 2.55. The number of cyclic esters (lactones) is 1. The van der Waals surface area contributed by atoms with Crippen molar-refractivity contribution in [1.82, 2.24) is 4.90 Å². The van der Waals surface area contributed by atoms with E-state index in [1.165, 1.54) is 17.0 Å². The molecule has 3 N–H and O–H groups in total. The number of nitriles is 1. The summed E-state index contributed by atoms with van der Waals surface area (Å²) in [4.78, 5) is 40.2. The Morgan fingerprint density at radius 1 is 1.25 bits per heavy atom. The second-order valence-corrected chi connectivity index (χ2v) is 9.26. The summed E-state index contributed by atoms with van der Waals surface area (Å²) in [5.74, 6) is -5.39. The zero-order chi connectivity index (χ0) is 23.7. The molecule has 168 valence electrons. The number of fused-ring (bicyclic) bond motifs is 2. The van der Waals surface area contributed by atoms with Crippen LogP contribution in [0.4, 0.5) is 0 Å². The van der Waals surface area contributed by atoms with E-state index in [2.05, 4.69) is 0 Å². The van der Waals surface area contributed by atoms with Gasteiger partial charge in [-0.05, 0) is 39.6 Å². The fraction of sp³-hybridized carbons (Fsp3) is 0.455. The van der Waals surface area contributed by atoms with Crippen LogP contribution in [0.15, 0.2) is 23.5 Å². The normalized spacial score (nSPS) is 34.3. The quantitative estimate of drug-likeness (QED) is 0.559. The fourth-order valence-corrected chi connectivity index (χ4v) is 5.76. The zero-order valence-corrected chi connectivity index (χ0v) is 18.3. The molecule has 3 aliphatic rings. The van der Waals surface area contributed by atoms with E-state index in [0.717, 1.165) is 0 Å². The molecule has 1 aromatic rings. The van der Waals surface area contributed by atoms with Crippen molar-refractivity contribution in [2.45, 2.75) is 37.0 Å². The van der Waals surface area contributed by atoms with Crippen molar-refractivity contribution >= 4 is 29.1 Å². The van der Waals surface area contributed by atoms with Crippen LogP contribution in [0.3, 0.4) is 0 Å². The van der Waals surface area contributed by atoms with Gasteiger partial charge >= 0.3 is 5.97 Å². The summed E-state index contributed by atoms with van der Waals surface area (Å²) in [5.41, 5.74) is -4.35. The first-order valence-corrected chi connectivity index (χ1v) is 10.3. The van der Waals surface area contributed by atoms with Crippen LogP contribution in [0, 0.1) is 23.2 Å². The summed E-state index contributed by atoms with van der Waals surface area (Å²) < 4.78 is 5.63. The number of rotatable bonds is 2. The van der Waals surface area contributed by atoms with E-state index in [1.54, 1.807) is 27.1 Å². The van der Waals surface area contributed by atoms with Crippen molar-refractivity contribution in [3.05, 3.63) is 39.6 Å². The summed E-state index contributed by atoms with van der Waals surface area (Å²) in [7, 11) is 3.13. The molecule has 32 heavy (non-hydrogen) atoms. The average Bonchev–Trinajstić information content (AvgIpc) is 3.00. The summed E-state index contributed by atoms with van der Waals surface area (Å²) in [6.45, 7) is 1.57. The van der Waals surface area contributed by atoms with Gasteiger partial charge in [0.25, 0.3) is 0 Å². The number of ether oxygens (including phenoxy) is 1. The highest BCUT2D eigenvalue weighted by molar-refractivity contribution is 6.32. The van der Waals surface area contributed by atoms with Gasteiger partial charge in [0, 0.05) is 28.8 Å². The number of aliphatic hydroxyl groups excluding tert-OH is 1. The largest absolute Gasteiger partial charge is 0.507 e. The number of ketones is 2. The second kappa shape index (κ2) is 7.04. The number of esters is 1. The van der Waals surface area contributed by atoms with Gasteiger partial charge in [0.1, 0.15) is 28.6 Å². The summed E-state index contributed by atoms with van der Waals surface area (Å²) in [6.07, 6.45) is -0.325. The molecule has 2 aliphatic carbocycles. The maximum atomic E-state index is 13.2. The highest BCUT2D eigenvalue weighted by atomic mass is 35.5. The lowest BCUT2D eigenvalue weighted by molar-refractivity contribution is -0.166. The highest BCUT2D eigenvalue weighted by Gasteiger charge is 2.64. The van der Waals surface area contributed by atoms with E-state index in [4.69, 9.17) is 16.3 Å². The second-order valence-electron chi connectivity index (χ2n) is 8.85. The van der Waals surface area contributed by atoms with Gasteiger partial charge in [-0.3, -0.25) is 14.5 Å². The Morgan fingerprint density at radius 2 is 1.91 bits per heavy atom. The van der Waals surface area contributed by atoms with Gasteiger partial charge < -0.3 is 20.1 Å². The number of halogens is 1. The molecule has 5 atom stereocenters. The first-order valence-electron chi connectivity index (χ1n) is 9.94. The van der Waals surface area contributed by atoms with Gasteiger partial charge in [-0.15, -0.1) is 0 Å². The van der Waals surface area contributed by atoms with Crippen molar-refractivity contribution in [3.8, 4) is 11.8 Å². The van der Waals surface area contributed by atoms with Crippen LogP contribution >= 0.6 is 11.6 Å². The van der Waals surface area contributed by atoms with Gasteiger partial charge in [-0.1, -0.05) is 11.6 Å². The van der Waals surface area contributed by atoms with E-state index in [-0.39, 0.29) is 34.7 Å². The first kappa shape index (κ1) is 22.3. The summed E-state index contributed by atoms with van der Waals surface area (Å²) in [5, 5.41) is 41.6. The molecule has 0 amide bonds. The number of hydrogen-bond acceptors (Lipinski definition) is 9. The molecule has 1 saturated carbocycles. The zero-order valence-electron chi connectivity index (χ0n) is 17.5. The van der Waals surface area contributed by atoms with Crippen LogP contribution in [0.5, 0.6) is 5.75 Å². The maximum absolute atomic E-state index is 13.2. The molecular weight excluding hydrogens is 440 g/mol. The molecule has 1 aliphatic heterocycles. The molecule has 0 radical (unpaired) electrons. The SMILES string of the molecule is CN(C)[C@@H]1C(=O)C(C#N)=C(O)[C@]2(O)C(=O)C[C@H]([C@@]3(C)OC(=O)c4c(O)ccc(Cl)c43)C[C@@H]12. The number of carbonyl (C=O) groups is 3. The lowest BCUT2D eigenvalue weighted by Crippen LogP contribution is -2.65. The van der Waals surface area contributed by atoms with Gasteiger partial charge in [-0.2, -0.15) is 5.26 Å². The Morgan fingerprint density at radius 3 is 2.50 bits per heavy atom. The Kier molecular flexibility index (Phi) is 4.90. The van der Waals surface area contributed by atoms with Crippen LogP contribution < -0.4 is 0 Å². The van der Waals surface area contributed by atoms with Crippen molar-refractivity contribution in [2.75, 3.05) is 14.1 Å². The van der Waals surface area contributed by atoms with Crippen LogP contribution in [-0.2, 0) is 19.9 Å². The van der Waals surface area contributed by atoms with Gasteiger partial charge in [-0.25, -0.2) is 4.79 Å². The number of phenols is 1. The van der Waals surface area contributed by atoms with Crippen LogP contribution in [0.25, 0.3) is 0 Å². The van der Waals surface area contributed by atoms with Gasteiger partial charge in [0.05, 0.1) is 6.04 Å². The number of benzene rings is 1. The Balaban J connectivity index is 1.86. The molecule has 0 saturated heterocycles. The Bertz CT molecular complexity index is 1150. The molecular formula is C22H21ClN2O7. The number of aliphatic hydroxyl groups is 2. The number of Topliss-reactive ketones (excluding diaryl/α,β-unsaturated/α-hetero) is 2. The molecule has 1 fully saturated rings. The summed E-state index contributed by atoms with van der Waals surface area (Å²) in [6, 6.07) is 3.21. The van der Waals surface area contributed by atoms with E-state index in [9.17, 15) is 35.0 Å². The van der Waals surface area contributed by atoms with E-state index in [1.807, 2.05) is 0 Å². The Labute approximate surface area is 188 Å².